The van der Waals surface area contributed by atoms with E-state index in [-0.39, 0.29) is 11.8 Å². The molecule has 2 aromatic rings. The summed E-state index contributed by atoms with van der Waals surface area (Å²) < 4.78 is 26.1. The first-order chi connectivity index (χ1) is 14.4. The van der Waals surface area contributed by atoms with Crippen LogP contribution in [-0.2, 0) is 16.6 Å². The van der Waals surface area contributed by atoms with Crippen LogP contribution in [0.5, 0.6) is 0 Å². The maximum Gasteiger partial charge on any atom is 0.344 e. The molecule has 1 amide bonds. The zero-order valence-electron chi connectivity index (χ0n) is 17.1. The van der Waals surface area contributed by atoms with Crippen molar-refractivity contribution in [2.24, 2.45) is 0 Å². The molecule has 0 unspecified atom stereocenters. The normalized spacial score (nSPS) is 18.0. The van der Waals surface area contributed by atoms with Crippen molar-refractivity contribution in [3.8, 4) is 0 Å². The molecule has 2 aliphatic heterocycles. The summed E-state index contributed by atoms with van der Waals surface area (Å²) in [7, 11) is -3.43. The third-order valence-corrected chi connectivity index (χ3v) is 6.03. The molecule has 0 bridgehead atoms. The number of hydrogen-bond donors (Lipinski definition) is 1. The molecule has 2 fully saturated rings. The Kier molecular flexibility index (Phi) is 5.91. The molecule has 4 rings (SSSR count). The molecular weight excluding hydrogens is 406 g/mol. The van der Waals surface area contributed by atoms with E-state index >= 15 is 0 Å². The van der Waals surface area contributed by atoms with E-state index in [0.717, 1.165) is 39.0 Å². The zero-order valence-corrected chi connectivity index (χ0v) is 17.9. The topological polar surface area (TPSA) is 104 Å². The van der Waals surface area contributed by atoms with Crippen LogP contribution in [0, 0.1) is 0 Å². The molecule has 0 aliphatic carbocycles. The number of carbonyl (C=O) groups is 1. The van der Waals surface area contributed by atoms with E-state index in [1.807, 2.05) is 12.4 Å². The molecule has 11 heteroatoms. The first-order valence-electron chi connectivity index (χ1n) is 10.1. The Labute approximate surface area is 176 Å². The molecule has 0 saturated carbocycles. The summed E-state index contributed by atoms with van der Waals surface area (Å²) in [5.41, 5.74) is 2.49. The molecule has 162 valence electrons. The minimum absolute atomic E-state index is 0.136. The van der Waals surface area contributed by atoms with Crippen LogP contribution in [0.1, 0.15) is 18.4 Å². The number of carbonyl (C=O) groups excluding carboxylic acids is 1. The van der Waals surface area contributed by atoms with Crippen LogP contribution in [0.3, 0.4) is 0 Å². The molecular formula is C19H27N7O3S. The Hall–Kier alpha value is -2.66. The van der Waals surface area contributed by atoms with Crippen molar-refractivity contribution < 1.29 is 13.2 Å². The minimum Gasteiger partial charge on any atom is -0.370 e. The van der Waals surface area contributed by atoms with Crippen molar-refractivity contribution in [1.82, 2.24) is 24.6 Å². The molecule has 1 N–H and O–H groups in total. The fraction of sp³-hybridized carbons (Fsp3) is 0.526. The van der Waals surface area contributed by atoms with Gasteiger partial charge in [0.1, 0.15) is 0 Å². The smallest absolute Gasteiger partial charge is 0.344 e. The van der Waals surface area contributed by atoms with Gasteiger partial charge in [-0.05, 0) is 24.5 Å². The highest BCUT2D eigenvalue weighted by molar-refractivity contribution is 7.92. The number of anilines is 2. The summed E-state index contributed by atoms with van der Waals surface area (Å²) in [5.74, 6) is 0.136. The largest absolute Gasteiger partial charge is 0.370 e. The number of aromatic nitrogens is 3. The fourth-order valence-electron chi connectivity index (χ4n) is 3.95. The van der Waals surface area contributed by atoms with Gasteiger partial charge in [-0.25, -0.2) is 13.2 Å². The number of piperazine rings is 1. The van der Waals surface area contributed by atoms with E-state index in [0.29, 0.717) is 13.1 Å². The quantitative estimate of drug-likeness (QED) is 0.751. The number of nitrogens with one attached hydrogen (secondary N) is 1. The fourth-order valence-corrected chi connectivity index (χ4v) is 4.44. The number of hydrogen-bond acceptors (Lipinski definition) is 7. The van der Waals surface area contributed by atoms with Crippen molar-refractivity contribution in [3.05, 3.63) is 36.3 Å². The Morgan fingerprint density at radius 2 is 1.83 bits per heavy atom. The number of rotatable bonds is 5. The Balaban J connectivity index is 1.34. The first kappa shape index (κ1) is 20.6. The van der Waals surface area contributed by atoms with Crippen molar-refractivity contribution in [1.29, 1.82) is 0 Å². The van der Waals surface area contributed by atoms with Crippen LogP contribution >= 0.6 is 0 Å². The predicted molar refractivity (Wildman–Crippen MR) is 114 cm³/mol. The molecule has 2 aliphatic rings. The Morgan fingerprint density at radius 3 is 2.53 bits per heavy atom. The molecule has 10 nitrogen and oxygen atoms in total. The van der Waals surface area contributed by atoms with Crippen molar-refractivity contribution in [2.75, 3.05) is 55.1 Å². The summed E-state index contributed by atoms with van der Waals surface area (Å²) in [6.07, 6.45) is 8.77. The van der Waals surface area contributed by atoms with Gasteiger partial charge in [0, 0.05) is 64.3 Å². The highest BCUT2D eigenvalue weighted by atomic mass is 32.2. The lowest BCUT2D eigenvalue weighted by Crippen LogP contribution is -2.49. The summed E-state index contributed by atoms with van der Waals surface area (Å²) in [5, 5.41) is 4.02. The number of sulfonamides is 1. The summed E-state index contributed by atoms with van der Waals surface area (Å²) in [6.45, 7) is 5.73. The van der Waals surface area contributed by atoms with E-state index in [1.54, 1.807) is 4.90 Å². The first-order valence-corrected chi connectivity index (χ1v) is 12.0. The summed E-state index contributed by atoms with van der Waals surface area (Å²) in [4.78, 5) is 23.5. The van der Waals surface area contributed by atoms with Gasteiger partial charge < -0.3 is 9.80 Å². The Morgan fingerprint density at radius 1 is 1.10 bits per heavy atom. The zero-order chi connectivity index (χ0) is 21.1. The molecule has 0 radical (unpaired) electrons. The second-order valence-electron chi connectivity index (χ2n) is 7.76. The van der Waals surface area contributed by atoms with Crippen molar-refractivity contribution in [3.63, 3.8) is 0 Å². The lowest BCUT2D eigenvalue weighted by molar-refractivity contribution is 0.134. The van der Waals surface area contributed by atoms with Gasteiger partial charge in [0.25, 0.3) is 0 Å². The highest BCUT2D eigenvalue weighted by Gasteiger charge is 2.24. The van der Waals surface area contributed by atoms with Gasteiger partial charge in [-0.1, -0.05) is 0 Å². The molecule has 4 heterocycles. The molecule has 2 aromatic heterocycles. The van der Waals surface area contributed by atoms with Gasteiger partial charge in [0.15, 0.2) is 5.82 Å². The Bertz CT molecular complexity index is 993. The van der Waals surface area contributed by atoms with Crippen LogP contribution in [0.15, 0.2) is 30.7 Å². The minimum atomic E-state index is -3.43. The van der Waals surface area contributed by atoms with Crippen LogP contribution in [0.25, 0.3) is 0 Å². The lowest BCUT2D eigenvalue weighted by Gasteiger charge is -2.35. The van der Waals surface area contributed by atoms with Gasteiger partial charge in [0.05, 0.1) is 18.1 Å². The molecule has 30 heavy (non-hydrogen) atoms. The number of amides is 1. The third kappa shape index (κ3) is 4.90. The van der Waals surface area contributed by atoms with Gasteiger partial charge in [0.2, 0.25) is 10.0 Å². The SMILES string of the molecule is CS(=O)(=O)Nc1ccn(C(=O)N2CCN(Cc3ccncc3N3CCCC3)CC2)n1. The van der Waals surface area contributed by atoms with E-state index in [9.17, 15) is 13.2 Å². The van der Waals surface area contributed by atoms with Crippen LogP contribution in [0.2, 0.25) is 0 Å². The highest BCUT2D eigenvalue weighted by Crippen LogP contribution is 2.25. The summed E-state index contributed by atoms with van der Waals surface area (Å²) in [6, 6.07) is 3.31. The monoisotopic (exact) mass is 433 g/mol. The van der Waals surface area contributed by atoms with Crippen molar-refractivity contribution >= 4 is 27.6 Å². The third-order valence-electron chi connectivity index (χ3n) is 5.45. The van der Waals surface area contributed by atoms with Crippen LogP contribution < -0.4 is 9.62 Å². The summed E-state index contributed by atoms with van der Waals surface area (Å²) >= 11 is 0. The van der Waals surface area contributed by atoms with Gasteiger partial charge in [-0.15, -0.1) is 5.10 Å². The molecule has 0 spiro atoms. The van der Waals surface area contributed by atoms with Crippen LogP contribution in [-0.4, -0.2) is 84.5 Å². The number of pyridine rings is 1. The van der Waals surface area contributed by atoms with Crippen molar-refractivity contribution in [2.45, 2.75) is 19.4 Å². The molecule has 0 aromatic carbocycles. The maximum atomic E-state index is 12.7. The number of nitrogens with zero attached hydrogens (tertiary/aromatic N) is 6. The van der Waals surface area contributed by atoms with Gasteiger partial charge >= 0.3 is 6.03 Å². The maximum absolute atomic E-state index is 12.7. The van der Waals surface area contributed by atoms with Gasteiger partial charge in [-0.2, -0.15) is 4.68 Å². The van der Waals surface area contributed by atoms with E-state index in [2.05, 4.69) is 30.7 Å². The standard InChI is InChI=1S/C19H27N7O3S/c1-30(28,29)22-18-5-9-26(21-18)19(27)25-12-10-23(11-13-25)15-16-4-6-20-14-17(16)24-7-2-3-8-24/h4-6,9,14H,2-3,7-8,10-13,15H2,1H3,(H,21,22). The molecule has 2 saturated heterocycles. The second kappa shape index (κ2) is 8.60. The van der Waals surface area contributed by atoms with E-state index in [1.165, 1.54) is 41.0 Å². The lowest BCUT2D eigenvalue weighted by atomic mass is 10.2. The van der Waals surface area contributed by atoms with Crippen LogP contribution in [0.4, 0.5) is 16.3 Å². The van der Waals surface area contributed by atoms with Gasteiger partial charge in [-0.3, -0.25) is 14.6 Å². The predicted octanol–water partition coefficient (Wildman–Crippen LogP) is 1.04. The average molecular weight is 434 g/mol. The average Bonchev–Trinajstić information content (AvgIpc) is 3.39. The second-order valence-corrected chi connectivity index (χ2v) is 9.51. The van der Waals surface area contributed by atoms with E-state index in [4.69, 9.17) is 0 Å². The van der Waals surface area contributed by atoms with E-state index < -0.39 is 10.0 Å². The molecule has 0 atom stereocenters.